The van der Waals surface area contributed by atoms with Crippen LogP contribution in [0.2, 0.25) is 0 Å². The van der Waals surface area contributed by atoms with Crippen molar-refractivity contribution in [2.45, 2.75) is 50.8 Å². The van der Waals surface area contributed by atoms with E-state index in [1.54, 1.807) is 7.11 Å². The Morgan fingerprint density at radius 3 is 2.50 bits per heavy atom. The van der Waals surface area contributed by atoms with E-state index in [2.05, 4.69) is 44.8 Å². The number of benzene rings is 1. The van der Waals surface area contributed by atoms with Crippen LogP contribution in [0, 0.1) is 0 Å². The predicted molar refractivity (Wildman–Crippen MR) is 114 cm³/mol. The molecule has 6 heteroatoms. The van der Waals surface area contributed by atoms with Crippen LogP contribution in [0.15, 0.2) is 29.3 Å². The van der Waals surface area contributed by atoms with Gasteiger partial charge in [0.1, 0.15) is 0 Å². The van der Waals surface area contributed by atoms with E-state index in [0.717, 1.165) is 45.4 Å². The molecule has 0 atom stereocenters. The molecule has 0 radical (unpaired) electrons. The van der Waals surface area contributed by atoms with Gasteiger partial charge in [-0.05, 0) is 24.0 Å². The van der Waals surface area contributed by atoms with Gasteiger partial charge in [0, 0.05) is 45.9 Å². The predicted octanol–water partition coefficient (Wildman–Crippen LogP) is 2.53. The molecule has 1 saturated carbocycles. The average Bonchev–Trinajstić information content (AvgIpc) is 2.76. The van der Waals surface area contributed by atoms with Crippen molar-refractivity contribution in [3.63, 3.8) is 0 Å². The molecule has 156 valence electrons. The molecule has 2 fully saturated rings. The van der Waals surface area contributed by atoms with Gasteiger partial charge in [-0.25, -0.2) is 0 Å². The van der Waals surface area contributed by atoms with Crippen molar-refractivity contribution in [3.05, 3.63) is 35.4 Å². The first-order valence-corrected chi connectivity index (χ1v) is 10.6. The number of hydrogen-bond donors (Lipinski definition) is 2. The zero-order chi connectivity index (χ0) is 19.7. The first-order valence-electron chi connectivity index (χ1n) is 10.6. The van der Waals surface area contributed by atoms with Crippen LogP contribution < -0.4 is 10.6 Å². The topological polar surface area (TPSA) is 58.1 Å². The van der Waals surface area contributed by atoms with Crippen LogP contribution in [0.4, 0.5) is 0 Å². The molecule has 3 rings (SSSR count). The molecule has 6 nitrogen and oxygen atoms in total. The molecule has 1 saturated heterocycles. The molecule has 1 aromatic carbocycles. The number of morpholine rings is 1. The van der Waals surface area contributed by atoms with Crippen molar-refractivity contribution in [2.24, 2.45) is 4.99 Å². The zero-order valence-corrected chi connectivity index (χ0v) is 17.5. The summed E-state index contributed by atoms with van der Waals surface area (Å²) in [5.74, 6) is 0.866. The van der Waals surface area contributed by atoms with E-state index in [1.165, 1.54) is 43.2 Å². The summed E-state index contributed by atoms with van der Waals surface area (Å²) in [6.45, 7) is 6.09. The summed E-state index contributed by atoms with van der Waals surface area (Å²) in [6, 6.07) is 8.39. The number of hydrogen-bond acceptors (Lipinski definition) is 4. The van der Waals surface area contributed by atoms with Gasteiger partial charge in [0.2, 0.25) is 0 Å². The minimum atomic E-state index is 0.230. The minimum absolute atomic E-state index is 0.230. The largest absolute Gasteiger partial charge is 0.380 e. The van der Waals surface area contributed by atoms with E-state index >= 15 is 0 Å². The van der Waals surface area contributed by atoms with Gasteiger partial charge >= 0.3 is 0 Å². The van der Waals surface area contributed by atoms with Crippen LogP contribution in [0.1, 0.15) is 43.2 Å². The highest BCUT2D eigenvalue weighted by molar-refractivity contribution is 5.79. The fourth-order valence-electron chi connectivity index (χ4n) is 4.53. The van der Waals surface area contributed by atoms with Crippen molar-refractivity contribution in [3.8, 4) is 0 Å². The number of nitrogens with one attached hydrogen (secondary N) is 2. The Balaban J connectivity index is 1.59. The van der Waals surface area contributed by atoms with Crippen LogP contribution in [0.3, 0.4) is 0 Å². The van der Waals surface area contributed by atoms with E-state index in [0.29, 0.717) is 6.61 Å². The zero-order valence-electron chi connectivity index (χ0n) is 17.5. The molecule has 2 N–H and O–H groups in total. The second kappa shape index (κ2) is 10.8. The number of rotatable bonds is 7. The third-order valence-corrected chi connectivity index (χ3v) is 6.14. The minimum Gasteiger partial charge on any atom is -0.380 e. The van der Waals surface area contributed by atoms with Gasteiger partial charge in [-0.15, -0.1) is 0 Å². The second-order valence-corrected chi connectivity index (χ2v) is 7.87. The van der Waals surface area contributed by atoms with Crippen LogP contribution in [0.25, 0.3) is 0 Å². The van der Waals surface area contributed by atoms with E-state index < -0.39 is 0 Å². The summed E-state index contributed by atoms with van der Waals surface area (Å²) < 4.78 is 10.9. The Bertz CT molecular complexity index is 623. The molecule has 0 aromatic heterocycles. The Kier molecular flexibility index (Phi) is 8.13. The van der Waals surface area contributed by atoms with E-state index in [-0.39, 0.29) is 5.54 Å². The van der Waals surface area contributed by atoms with E-state index in [1.807, 2.05) is 7.05 Å². The molecule has 0 spiro atoms. The van der Waals surface area contributed by atoms with Crippen LogP contribution in [0.5, 0.6) is 0 Å². The Morgan fingerprint density at radius 1 is 1.11 bits per heavy atom. The molecule has 28 heavy (non-hydrogen) atoms. The van der Waals surface area contributed by atoms with Crippen molar-refractivity contribution < 1.29 is 9.47 Å². The fourth-order valence-corrected chi connectivity index (χ4v) is 4.53. The van der Waals surface area contributed by atoms with Crippen LogP contribution in [-0.2, 0) is 22.6 Å². The summed E-state index contributed by atoms with van der Waals surface area (Å²) in [7, 11) is 3.58. The number of aliphatic imine (C=N–C) groups is 1. The molecule has 0 unspecified atom stereocenters. The molecule has 2 aliphatic rings. The quantitative estimate of drug-likeness (QED) is 0.555. The Hall–Kier alpha value is -1.63. The van der Waals surface area contributed by atoms with Gasteiger partial charge in [-0.2, -0.15) is 0 Å². The molecule has 1 aliphatic carbocycles. The SMILES string of the molecule is CN=C(NCc1ccccc1COC)NCC1(N2CCOCC2)CCCCC1. The summed E-state index contributed by atoms with van der Waals surface area (Å²) in [5.41, 5.74) is 2.69. The van der Waals surface area contributed by atoms with Crippen LogP contribution >= 0.6 is 0 Å². The summed E-state index contributed by atoms with van der Waals surface area (Å²) in [6.07, 6.45) is 6.50. The molecular weight excluding hydrogens is 352 g/mol. The average molecular weight is 389 g/mol. The number of ether oxygens (including phenoxy) is 2. The molecule has 1 aromatic rings. The molecule has 1 aliphatic heterocycles. The molecule has 1 heterocycles. The normalized spacial score (nSPS) is 20.7. The lowest BCUT2D eigenvalue weighted by atomic mass is 9.80. The van der Waals surface area contributed by atoms with Crippen molar-refractivity contribution >= 4 is 5.96 Å². The van der Waals surface area contributed by atoms with Gasteiger partial charge in [-0.1, -0.05) is 43.5 Å². The highest BCUT2D eigenvalue weighted by Gasteiger charge is 2.38. The lowest BCUT2D eigenvalue weighted by molar-refractivity contribution is -0.0352. The number of guanidine groups is 1. The maximum absolute atomic E-state index is 5.59. The lowest BCUT2D eigenvalue weighted by Gasteiger charge is -2.48. The van der Waals surface area contributed by atoms with Gasteiger partial charge in [0.05, 0.1) is 19.8 Å². The standard InChI is InChI=1S/C22H36N4O2/c1-23-21(24-16-19-8-4-5-9-20(19)17-27-2)25-18-22(10-6-3-7-11-22)26-12-14-28-15-13-26/h4-5,8-9H,3,6-7,10-18H2,1-2H3,(H2,23,24,25). The van der Waals surface area contributed by atoms with E-state index in [4.69, 9.17) is 9.47 Å². The highest BCUT2D eigenvalue weighted by atomic mass is 16.5. The van der Waals surface area contributed by atoms with Crippen molar-refractivity contribution in [1.29, 1.82) is 0 Å². The van der Waals surface area contributed by atoms with Crippen molar-refractivity contribution in [2.75, 3.05) is 47.0 Å². The highest BCUT2D eigenvalue weighted by Crippen LogP contribution is 2.33. The number of methoxy groups -OCH3 is 1. The number of nitrogens with zero attached hydrogens (tertiary/aromatic N) is 2. The molecular formula is C22H36N4O2. The van der Waals surface area contributed by atoms with Gasteiger partial charge in [0.15, 0.2) is 5.96 Å². The second-order valence-electron chi connectivity index (χ2n) is 7.87. The van der Waals surface area contributed by atoms with E-state index in [9.17, 15) is 0 Å². The van der Waals surface area contributed by atoms with Gasteiger partial charge in [0.25, 0.3) is 0 Å². The monoisotopic (exact) mass is 388 g/mol. The third-order valence-electron chi connectivity index (χ3n) is 6.14. The maximum Gasteiger partial charge on any atom is 0.191 e. The Labute approximate surface area is 169 Å². The van der Waals surface area contributed by atoms with Crippen LogP contribution in [-0.4, -0.2) is 63.4 Å². The Morgan fingerprint density at radius 2 is 1.82 bits per heavy atom. The maximum atomic E-state index is 5.59. The lowest BCUT2D eigenvalue weighted by Crippen LogP contribution is -2.60. The first-order chi connectivity index (χ1) is 13.8. The fraction of sp³-hybridized carbons (Fsp3) is 0.682. The smallest absolute Gasteiger partial charge is 0.191 e. The summed E-state index contributed by atoms with van der Waals surface area (Å²) in [5, 5.41) is 7.11. The van der Waals surface area contributed by atoms with Gasteiger partial charge in [-0.3, -0.25) is 9.89 Å². The summed E-state index contributed by atoms with van der Waals surface area (Å²) in [4.78, 5) is 7.12. The van der Waals surface area contributed by atoms with Gasteiger partial charge < -0.3 is 20.1 Å². The van der Waals surface area contributed by atoms with Crippen molar-refractivity contribution in [1.82, 2.24) is 15.5 Å². The molecule has 0 bridgehead atoms. The summed E-state index contributed by atoms with van der Waals surface area (Å²) >= 11 is 0. The molecule has 0 amide bonds. The first kappa shape index (κ1) is 21.1. The third kappa shape index (κ3) is 5.46.